The van der Waals surface area contributed by atoms with Crippen LogP contribution in [0.4, 0.5) is 5.69 Å². The molecule has 0 saturated carbocycles. The molecular weight excluding hydrogens is 192 g/mol. The van der Waals surface area contributed by atoms with Gasteiger partial charge in [-0.15, -0.1) is 0 Å². The summed E-state index contributed by atoms with van der Waals surface area (Å²) in [6.07, 6.45) is 0.577. The third kappa shape index (κ3) is 2.05. The van der Waals surface area contributed by atoms with Crippen molar-refractivity contribution in [3.63, 3.8) is 0 Å². The fraction of sp³-hybridized carbons (Fsp3) is 0.273. The molecule has 0 atom stereocenters. The minimum atomic E-state index is -0.194. The smallest absolute Gasteiger partial charge is 0.266 e. The highest BCUT2D eigenvalue weighted by atomic mass is 16.3. The van der Waals surface area contributed by atoms with Crippen LogP contribution in [0.2, 0.25) is 0 Å². The van der Waals surface area contributed by atoms with Gasteiger partial charge in [-0.3, -0.25) is 4.79 Å². The molecule has 15 heavy (non-hydrogen) atoms. The van der Waals surface area contributed by atoms with E-state index in [2.05, 4.69) is 10.3 Å². The van der Waals surface area contributed by atoms with E-state index < -0.39 is 0 Å². The van der Waals surface area contributed by atoms with E-state index in [1.165, 1.54) is 0 Å². The summed E-state index contributed by atoms with van der Waals surface area (Å²) in [5.41, 5.74) is 2.46. The predicted molar refractivity (Wildman–Crippen MR) is 57.3 cm³/mol. The highest BCUT2D eigenvalue weighted by Crippen LogP contribution is 2.25. The quantitative estimate of drug-likeness (QED) is 0.749. The van der Waals surface area contributed by atoms with Crippen LogP contribution in [0, 0.1) is 0 Å². The molecule has 0 spiro atoms. The van der Waals surface area contributed by atoms with Gasteiger partial charge in [0, 0.05) is 13.0 Å². The topological polar surface area (TPSA) is 61.7 Å². The molecule has 0 bridgehead atoms. The fourth-order valence-corrected chi connectivity index (χ4v) is 1.54. The zero-order chi connectivity index (χ0) is 10.7. The normalized spacial score (nSPS) is 13.3. The molecule has 1 amide bonds. The van der Waals surface area contributed by atoms with E-state index in [-0.39, 0.29) is 19.1 Å². The van der Waals surface area contributed by atoms with Crippen molar-refractivity contribution < 1.29 is 9.90 Å². The molecule has 1 heterocycles. The van der Waals surface area contributed by atoms with Gasteiger partial charge in [0.2, 0.25) is 0 Å². The van der Waals surface area contributed by atoms with Gasteiger partial charge in [-0.05, 0) is 11.6 Å². The lowest BCUT2D eigenvalue weighted by Crippen LogP contribution is -2.33. The Kier molecular flexibility index (Phi) is 2.78. The maximum Gasteiger partial charge on any atom is 0.266 e. The molecule has 0 fully saturated rings. The minimum Gasteiger partial charge on any atom is -0.395 e. The Bertz CT molecular complexity index is 413. The first-order valence-corrected chi connectivity index (χ1v) is 4.86. The highest BCUT2D eigenvalue weighted by molar-refractivity contribution is 6.40. The van der Waals surface area contributed by atoms with Crippen LogP contribution in [0.3, 0.4) is 0 Å². The fourth-order valence-electron chi connectivity index (χ4n) is 1.54. The molecule has 2 rings (SSSR count). The Morgan fingerprint density at radius 1 is 1.47 bits per heavy atom. The summed E-state index contributed by atoms with van der Waals surface area (Å²) in [4.78, 5) is 15.7. The second-order valence-corrected chi connectivity index (χ2v) is 3.34. The Hall–Kier alpha value is -1.68. The molecule has 0 aromatic heterocycles. The standard InChI is InChI=1S/C11H12N2O2/c14-6-5-12-11(15)10-7-8-3-1-2-4-9(8)13-10/h1-4,14H,5-7H2,(H,12,15). The first-order valence-electron chi connectivity index (χ1n) is 4.86. The number of benzene rings is 1. The van der Waals surface area contributed by atoms with E-state index in [4.69, 9.17) is 5.11 Å². The average Bonchev–Trinajstić information content (AvgIpc) is 2.69. The molecule has 4 heteroatoms. The van der Waals surface area contributed by atoms with Gasteiger partial charge in [0.1, 0.15) is 5.71 Å². The molecule has 4 nitrogen and oxygen atoms in total. The highest BCUT2D eigenvalue weighted by Gasteiger charge is 2.19. The van der Waals surface area contributed by atoms with E-state index in [0.717, 1.165) is 11.3 Å². The van der Waals surface area contributed by atoms with Gasteiger partial charge in [0.25, 0.3) is 5.91 Å². The molecule has 1 aromatic rings. The number of nitrogens with one attached hydrogen (secondary N) is 1. The molecule has 0 unspecified atom stereocenters. The number of aliphatic imine (C=N–C) groups is 1. The van der Waals surface area contributed by atoms with Crippen molar-refractivity contribution in [1.29, 1.82) is 0 Å². The van der Waals surface area contributed by atoms with E-state index in [1.807, 2.05) is 24.3 Å². The van der Waals surface area contributed by atoms with Gasteiger partial charge >= 0.3 is 0 Å². The number of amides is 1. The van der Waals surface area contributed by atoms with Crippen LogP contribution < -0.4 is 5.32 Å². The number of carbonyl (C=O) groups is 1. The molecule has 1 aliphatic rings. The van der Waals surface area contributed by atoms with Crippen LogP contribution in [0.15, 0.2) is 29.3 Å². The zero-order valence-electron chi connectivity index (χ0n) is 8.23. The molecule has 2 N–H and O–H groups in total. The lowest BCUT2D eigenvalue weighted by molar-refractivity contribution is -0.115. The zero-order valence-corrected chi connectivity index (χ0v) is 8.23. The van der Waals surface area contributed by atoms with Crippen LogP contribution in [0.5, 0.6) is 0 Å². The van der Waals surface area contributed by atoms with Gasteiger partial charge in [-0.2, -0.15) is 0 Å². The number of fused-ring (bicyclic) bond motifs is 1. The molecule has 0 radical (unpaired) electrons. The summed E-state index contributed by atoms with van der Waals surface area (Å²) in [7, 11) is 0. The van der Waals surface area contributed by atoms with E-state index in [9.17, 15) is 4.79 Å². The molecular formula is C11H12N2O2. The molecule has 0 aliphatic carbocycles. The van der Waals surface area contributed by atoms with Crippen LogP contribution in [0.25, 0.3) is 0 Å². The minimum absolute atomic E-state index is 0.0496. The average molecular weight is 204 g/mol. The Morgan fingerprint density at radius 2 is 2.27 bits per heavy atom. The number of hydrogen-bond donors (Lipinski definition) is 2. The number of aliphatic hydroxyl groups is 1. The van der Waals surface area contributed by atoms with Gasteiger partial charge in [-0.1, -0.05) is 18.2 Å². The summed E-state index contributed by atoms with van der Waals surface area (Å²) in [6.45, 7) is 0.222. The lowest BCUT2D eigenvalue weighted by atomic mass is 10.1. The maximum atomic E-state index is 11.5. The van der Waals surface area contributed by atoms with Gasteiger partial charge in [0.05, 0.1) is 12.3 Å². The second-order valence-electron chi connectivity index (χ2n) is 3.34. The largest absolute Gasteiger partial charge is 0.395 e. The summed E-state index contributed by atoms with van der Waals surface area (Å²) in [5, 5.41) is 11.2. The van der Waals surface area contributed by atoms with E-state index in [0.29, 0.717) is 12.1 Å². The number of rotatable bonds is 3. The number of aliphatic hydroxyl groups excluding tert-OH is 1. The van der Waals surface area contributed by atoms with Crippen molar-refractivity contribution in [2.45, 2.75) is 6.42 Å². The number of para-hydroxylation sites is 1. The molecule has 1 aromatic carbocycles. The van der Waals surface area contributed by atoms with Crippen molar-refractivity contribution in [1.82, 2.24) is 5.32 Å². The van der Waals surface area contributed by atoms with Crippen LogP contribution in [0.1, 0.15) is 5.56 Å². The van der Waals surface area contributed by atoms with Crippen LogP contribution >= 0.6 is 0 Å². The Morgan fingerprint density at radius 3 is 3.00 bits per heavy atom. The third-order valence-electron chi connectivity index (χ3n) is 2.26. The Labute approximate surface area is 87.7 Å². The van der Waals surface area contributed by atoms with Crippen LogP contribution in [-0.2, 0) is 11.2 Å². The van der Waals surface area contributed by atoms with Crippen molar-refractivity contribution in [2.24, 2.45) is 4.99 Å². The second kappa shape index (κ2) is 4.23. The number of hydrogen-bond acceptors (Lipinski definition) is 3. The summed E-state index contributed by atoms with van der Waals surface area (Å²) < 4.78 is 0. The summed E-state index contributed by atoms with van der Waals surface area (Å²) >= 11 is 0. The third-order valence-corrected chi connectivity index (χ3v) is 2.26. The van der Waals surface area contributed by atoms with Crippen molar-refractivity contribution in [3.05, 3.63) is 29.8 Å². The number of carbonyl (C=O) groups excluding carboxylic acids is 1. The predicted octanol–water partition coefficient (Wildman–Crippen LogP) is 0.424. The lowest BCUT2D eigenvalue weighted by Gasteiger charge is -2.01. The monoisotopic (exact) mass is 204 g/mol. The molecule has 1 aliphatic heterocycles. The summed E-state index contributed by atoms with van der Waals surface area (Å²) in [5.74, 6) is -0.194. The van der Waals surface area contributed by atoms with Crippen molar-refractivity contribution >= 4 is 17.3 Å². The Balaban J connectivity index is 2.07. The van der Waals surface area contributed by atoms with Crippen molar-refractivity contribution in [3.8, 4) is 0 Å². The van der Waals surface area contributed by atoms with Gasteiger partial charge < -0.3 is 10.4 Å². The summed E-state index contributed by atoms with van der Waals surface area (Å²) in [6, 6.07) is 7.69. The maximum absolute atomic E-state index is 11.5. The SMILES string of the molecule is O=C(NCCO)C1=Nc2ccccc2C1. The van der Waals surface area contributed by atoms with Gasteiger partial charge in [-0.25, -0.2) is 4.99 Å². The number of nitrogens with zero attached hydrogens (tertiary/aromatic N) is 1. The molecule has 78 valence electrons. The first kappa shape index (κ1) is 9.86. The van der Waals surface area contributed by atoms with E-state index in [1.54, 1.807) is 0 Å². The van der Waals surface area contributed by atoms with Crippen LogP contribution in [-0.4, -0.2) is 29.9 Å². The molecule has 0 saturated heterocycles. The van der Waals surface area contributed by atoms with Gasteiger partial charge in [0.15, 0.2) is 0 Å². The first-order chi connectivity index (χ1) is 7.31. The van der Waals surface area contributed by atoms with E-state index >= 15 is 0 Å². The van der Waals surface area contributed by atoms with Crippen molar-refractivity contribution in [2.75, 3.05) is 13.2 Å².